The van der Waals surface area contributed by atoms with Crippen LogP contribution in [0.5, 0.6) is 0 Å². The minimum atomic E-state index is -0.154. The van der Waals surface area contributed by atoms with Gasteiger partial charge in [-0.1, -0.05) is 52.9 Å². The average molecular weight is 254 g/mol. The van der Waals surface area contributed by atoms with Crippen molar-refractivity contribution < 1.29 is 9.53 Å². The summed E-state index contributed by atoms with van der Waals surface area (Å²) in [5, 5.41) is 0. The van der Waals surface area contributed by atoms with Gasteiger partial charge in [0.15, 0.2) is 5.78 Å². The van der Waals surface area contributed by atoms with Crippen LogP contribution in [-0.2, 0) is 9.53 Å². The van der Waals surface area contributed by atoms with Crippen molar-refractivity contribution in [1.29, 1.82) is 0 Å². The quantitative estimate of drug-likeness (QED) is 0.606. The summed E-state index contributed by atoms with van der Waals surface area (Å²) < 4.78 is 5.54. The molecule has 0 aromatic heterocycles. The van der Waals surface area contributed by atoms with E-state index in [1.165, 1.54) is 32.1 Å². The first-order valence-corrected chi connectivity index (χ1v) is 7.67. The van der Waals surface area contributed by atoms with Crippen LogP contribution in [0, 0.1) is 17.8 Å². The normalized spacial score (nSPS) is 29.4. The van der Waals surface area contributed by atoms with Crippen LogP contribution < -0.4 is 0 Å². The summed E-state index contributed by atoms with van der Waals surface area (Å²) in [7, 11) is 1.70. The molecule has 3 unspecified atom stereocenters. The maximum atomic E-state index is 12.3. The van der Waals surface area contributed by atoms with E-state index in [2.05, 4.69) is 20.8 Å². The van der Waals surface area contributed by atoms with Crippen molar-refractivity contribution in [3.05, 3.63) is 0 Å². The summed E-state index contributed by atoms with van der Waals surface area (Å²) in [6, 6.07) is 0. The van der Waals surface area contributed by atoms with Crippen molar-refractivity contribution >= 4 is 5.78 Å². The third kappa shape index (κ3) is 4.08. The van der Waals surface area contributed by atoms with E-state index >= 15 is 0 Å². The Labute approximate surface area is 112 Å². The molecule has 106 valence electrons. The zero-order chi connectivity index (χ0) is 13.5. The van der Waals surface area contributed by atoms with E-state index < -0.39 is 0 Å². The van der Waals surface area contributed by atoms with Gasteiger partial charge < -0.3 is 4.74 Å². The van der Waals surface area contributed by atoms with E-state index in [0.717, 1.165) is 6.42 Å². The second kappa shape index (κ2) is 7.93. The van der Waals surface area contributed by atoms with Crippen molar-refractivity contribution in [2.45, 2.75) is 71.8 Å². The molecule has 2 nitrogen and oxygen atoms in total. The number of Topliss-reactive ketones (excluding diaryl/α,β-unsaturated/α-hetero) is 1. The second-order valence-electron chi connectivity index (χ2n) is 6.04. The Morgan fingerprint density at radius 3 is 2.28 bits per heavy atom. The fraction of sp³-hybridized carbons (Fsp3) is 0.938. The van der Waals surface area contributed by atoms with Crippen molar-refractivity contribution in [2.24, 2.45) is 17.8 Å². The smallest absolute Gasteiger partial charge is 0.161 e. The zero-order valence-electron chi connectivity index (χ0n) is 12.6. The summed E-state index contributed by atoms with van der Waals surface area (Å²) in [6.45, 7) is 6.73. The van der Waals surface area contributed by atoms with Gasteiger partial charge in [0.25, 0.3) is 0 Å². The molecule has 0 bridgehead atoms. The molecule has 1 rings (SSSR count). The van der Waals surface area contributed by atoms with Gasteiger partial charge in [0, 0.05) is 13.5 Å². The van der Waals surface area contributed by atoms with E-state index in [9.17, 15) is 4.79 Å². The molecule has 3 atom stereocenters. The molecule has 1 fully saturated rings. The Balaban J connectivity index is 2.46. The van der Waals surface area contributed by atoms with Gasteiger partial charge in [0.05, 0.1) is 0 Å². The number of unbranched alkanes of at least 4 members (excludes halogenated alkanes) is 3. The minimum Gasteiger partial charge on any atom is -0.373 e. The molecule has 0 spiro atoms. The fourth-order valence-electron chi connectivity index (χ4n) is 3.44. The van der Waals surface area contributed by atoms with Crippen LogP contribution in [0.4, 0.5) is 0 Å². The lowest BCUT2D eigenvalue weighted by Gasteiger charge is -2.28. The number of ketones is 1. The molecule has 1 aliphatic carbocycles. The Bertz CT molecular complexity index is 239. The van der Waals surface area contributed by atoms with E-state index in [1.54, 1.807) is 7.11 Å². The first kappa shape index (κ1) is 15.7. The minimum absolute atomic E-state index is 0.154. The van der Waals surface area contributed by atoms with Gasteiger partial charge in [-0.25, -0.2) is 0 Å². The van der Waals surface area contributed by atoms with Crippen LogP contribution in [0.3, 0.4) is 0 Å². The molecule has 0 aromatic rings. The van der Waals surface area contributed by atoms with E-state index in [4.69, 9.17) is 4.74 Å². The third-order valence-electron chi connectivity index (χ3n) is 4.59. The molecule has 0 aromatic carbocycles. The Hall–Kier alpha value is -0.370. The maximum absolute atomic E-state index is 12.3. The molecular formula is C16H30O2. The van der Waals surface area contributed by atoms with Crippen LogP contribution >= 0.6 is 0 Å². The molecule has 0 N–H and O–H groups in total. The molecule has 1 aliphatic rings. The van der Waals surface area contributed by atoms with E-state index in [-0.39, 0.29) is 6.10 Å². The first-order valence-electron chi connectivity index (χ1n) is 7.67. The molecule has 0 aliphatic heterocycles. The van der Waals surface area contributed by atoms with Crippen molar-refractivity contribution in [3.63, 3.8) is 0 Å². The summed E-state index contributed by atoms with van der Waals surface area (Å²) in [5.74, 6) is 2.03. The van der Waals surface area contributed by atoms with Crippen molar-refractivity contribution in [3.8, 4) is 0 Å². The van der Waals surface area contributed by atoms with E-state index in [1.807, 2.05) is 0 Å². The summed E-state index contributed by atoms with van der Waals surface area (Å²) >= 11 is 0. The zero-order valence-corrected chi connectivity index (χ0v) is 12.6. The predicted molar refractivity (Wildman–Crippen MR) is 75.6 cm³/mol. The van der Waals surface area contributed by atoms with Crippen LogP contribution in [0.25, 0.3) is 0 Å². The number of hydrogen-bond acceptors (Lipinski definition) is 2. The average Bonchev–Trinajstić information content (AvgIpc) is 2.67. The lowest BCUT2D eigenvalue weighted by molar-refractivity contribution is -0.134. The molecule has 0 amide bonds. The van der Waals surface area contributed by atoms with Crippen molar-refractivity contribution in [2.75, 3.05) is 7.11 Å². The molecule has 0 heterocycles. The van der Waals surface area contributed by atoms with Crippen LogP contribution in [0.2, 0.25) is 0 Å². The highest BCUT2D eigenvalue weighted by Gasteiger charge is 2.39. The highest BCUT2D eigenvalue weighted by molar-refractivity contribution is 5.83. The third-order valence-corrected chi connectivity index (χ3v) is 4.59. The molecule has 18 heavy (non-hydrogen) atoms. The number of carbonyl (C=O) groups is 1. The van der Waals surface area contributed by atoms with E-state index in [0.29, 0.717) is 30.0 Å². The number of hydrogen-bond donors (Lipinski definition) is 0. The Morgan fingerprint density at radius 2 is 1.78 bits per heavy atom. The van der Waals surface area contributed by atoms with Gasteiger partial charge in [-0.2, -0.15) is 0 Å². The number of methoxy groups -OCH3 is 1. The fourth-order valence-corrected chi connectivity index (χ4v) is 3.44. The van der Waals surface area contributed by atoms with Crippen LogP contribution in [0.1, 0.15) is 65.7 Å². The van der Waals surface area contributed by atoms with Gasteiger partial charge in [-0.15, -0.1) is 0 Å². The van der Waals surface area contributed by atoms with Gasteiger partial charge in [0.2, 0.25) is 0 Å². The van der Waals surface area contributed by atoms with Gasteiger partial charge >= 0.3 is 0 Å². The van der Waals surface area contributed by atoms with Gasteiger partial charge in [0.1, 0.15) is 6.10 Å². The summed E-state index contributed by atoms with van der Waals surface area (Å²) in [5.41, 5.74) is 0. The van der Waals surface area contributed by atoms with Crippen molar-refractivity contribution in [1.82, 2.24) is 0 Å². The largest absolute Gasteiger partial charge is 0.373 e. The van der Waals surface area contributed by atoms with Crippen LogP contribution in [0.15, 0.2) is 0 Å². The lowest BCUT2D eigenvalue weighted by atomic mass is 9.83. The molecule has 0 radical (unpaired) electrons. The highest BCUT2D eigenvalue weighted by atomic mass is 16.5. The highest BCUT2D eigenvalue weighted by Crippen LogP contribution is 2.40. The predicted octanol–water partition coefficient (Wildman–Crippen LogP) is 4.22. The Kier molecular flexibility index (Phi) is 6.91. The van der Waals surface area contributed by atoms with Crippen LogP contribution in [-0.4, -0.2) is 19.0 Å². The van der Waals surface area contributed by atoms with Gasteiger partial charge in [-0.05, 0) is 24.2 Å². The summed E-state index contributed by atoms with van der Waals surface area (Å²) in [4.78, 5) is 12.3. The lowest BCUT2D eigenvalue weighted by Crippen LogP contribution is -2.35. The molecule has 1 saturated carbocycles. The monoisotopic (exact) mass is 254 g/mol. The number of carbonyl (C=O) groups excluding carboxylic acids is 1. The molecular weight excluding hydrogens is 224 g/mol. The van der Waals surface area contributed by atoms with Gasteiger partial charge in [-0.3, -0.25) is 4.79 Å². The second-order valence-corrected chi connectivity index (χ2v) is 6.04. The number of rotatable bonds is 8. The summed E-state index contributed by atoms with van der Waals surface area (Å²) in [6.07, 6.45) is 7.70. The molecule has 2 heteroatoms. The number of ether oxygens (including phenoxy) is 1. The Morgan fingerprint density at radius 1 is 1.17 bits per heavy atom. The molecule has 0 saturated heterocycles. The SMILES string of the molecule is CCCCCCC(=O)C(OC)C1C(C)CCC1C. The standard InChI is InChI=1S/C16H30O2/c1-5-6-7-8-9-14(17)16(18-4)15-12(2)10-11-13(15)3/h12-13,15-16H,5-11H2,1-4H3. The first-order chi connectivity index (χ1) is 8.61. The maximum Gasteiger partial charge on any atom is 0.161 e. The topological polar surface area (TPSA) is 26.3 Å².